The van der Waals surface area contributed by atoms with Crippen molar-refractivity contribution in [2.24, 2.45) is 0 Å². The van der Waals surface area contributed by atoms with Gasteiger partial charge in [0.15, 0.2) is 6.10 Å². The van der Waals surface area contributed by atoms with Crippen LogP contribution in [0.15, 0.2) is 18.2 Å². The van der Waals surface area contributed by atoms with Gasteiger partial charge in [-0.2, -0.15) is 0 Å². The van der Waals surface area contributed by atoms with E-state index in [1.807, 2.05) is 20.8 Å². The molecule has 5 nitrogen and oxygen atoms in total. The molecule has 1 aromatic heterocycles. The lowest BCUT2D eigenvalue weighted by atomic mass is 9.96. The molecule has 18 heavy (non-hydrogen) atoms. The summed E-state index contributed by atoms with van der Waals surface area (Å²) in [6.07, 6.45) is -1.50. The minimum absolute atomic E-state index is 0.107. The number of carbonyl (C=O) groups is 1. The van der Waals surface area contributed by atoms with Crippen LogP contribution in [0.1, 0.15) is 38.3 Å². The van der Waals surface area contributed by atoms with Crippen molar-refractivity contribution >= 4 is 17.0 Å². The number of aromatic nitrogens is 2. The number of aliphatic hydroxyl groups is 1. The van der Waals surface area contributed by atoms with Gasteiger partial charge in [0, 0.05) is 5.41 Å². The van der Waals surface area contributed by atoms with Gasteiger partial charge >= 0.3 is 5.97 Å². The zero-order valence-corrected chi connectivity index (χ0v) is 10.6. The van der Waals surface area contributed by atoms with Crippen LogP contribution in [-0.2, 0) is 10.2 Å². The Morgan fingerprint density at radius 3 is 2.61 bits per heavy atom. The lowest BCUT2D eigenvalue weighted by molar-refractivity contribution is -0.146. The summed E-state index contributed by atoms with van der Waals surface area (Å²) in [6.45, 7) is 6.12. The average Bonchev–Trinajstić information content (AvgIpc) is 2.69. The van der Waals surface area contributed by atoms with Crippen LogP contribution in [0.2, 0.25) is 0 Å². The van der Waals surface area contributed by atoms with Gasteiger partial charge in [-0.3, -0.25) is 0 Å². The molecule has 1 heterocycles. The van der Waals surface area contributed by atoms with E-state index in [1.54, 1.807) is 18.2 Å². The van der Waals surface area contributed by atoms with Gasteiger partial charge in [-0.25, -0.2) is 9.78 Å². The number of imidazole rings is 1. The van der Waals surface area contributed by atoms with Crippen LogP contribution < -0.4 is 0 Å². The van der Waals surface area contributed by atoms with Crippen molar-refractivity contribution in [1.82, 2.24) is 9.97 Å². The zero-order valence-electron chi connectivity index (χ0n) is 10.6. The highest BCUT2D eigenvalue weighted by Gasteiger charge is 2.20. The fourth-order valence-corrected chi connectivity index (χ4v) is 1.70. The molecule has 2 rings (SSSR count). The topological polar surface area (TPSA) is 86.2 Å². The van der Waals surface area contributed by atoms with Gasteiger partial charge in [0.25, 0.3) is 0 Å². The summed E-state index contributed by atoms with van der Waals surface area (Å²) < 4.78 is 0. The second-order valence-electron chi connectivity index (χ2n) is 5.35. The van der Waals surface area contributed by atoms with Gasteiger partial charge in [0.2, 0.25) is 0 Å². The molecule has 0 saturated carbocycles. The largest absolute Gasteiger partial charge is 0.479 e. The summed E-state index contributed by atoms with van der Waals surface area (Å²) in [5.41, 5.74) is 1.74. The van der Waals surface area contributed by atoms with Crippen LogP contribution in [-0.4, -0.2) is 26.2 Å². The number of aliphatic carboxylic acids is 1. The Hall–Kier alpha value is -1.88. The number of hydrogen-bond donors (Lipinski definition) is 3. The van der Waals surface area contributed by atoms with Gasteiger partial charge in [-0.05, 0) is 17.7 Å². The second kappa shape index (κ2) is 4.10. The Balaban J connectivity index is 2.49. The third-order valence-corrected chi connectivity index (χ3v) is 2.77. The van der Waals surface area contributed by atoms with Gasteiger partial charge in [-0.1, -0.05) is 26.8 Å². The first-order chi connectivity index (χ1) is 8.29. The van der Waals surface area contributed by atoms with Gasteiger partial charge in [-0.15, -0.1) is 0 Å². The fraction of sp³-hybridized carbons (Fsp3) is 0.385. The minimum atomic E-state index is -1.50. The summed E-state index contributed by atoms with van der Waals surface area (Å²) in [5.74, 6) is -0.427. The fourth-order valence-electron chi connectivity index (χ4n) is 1.70. The number of aliphatic hydroxyl groups excluding tert-OH is 1. The number of carboxylic acids is 1. The lowest BCUT2D eigenvalue weighted by Crippen LogP contribution is -2.12. The van der Waals surface area contributed by atoms with Crippen molar-refractivity contribution in [1.29, 1.82) is 0 Å². The Morgan fingerprint density at radius 1 is 1.39 bits per heavy atom. The SMILES string of the molecule is CC(C)(C)c1nc2ccc(C(O)C(=O)O)cc2[nH]1. The number of aromatic amines is 1. The first-order valence-electron chi connectivity index (χ1n) is 5.70. The smallest absolute Gasteiger partial charge is 0.337 e. The maximum Gasteiger partial charge on any atom is 0.337 e. The van der Waals surface area contributed by atoms with Crippen LogP contribution in [0.5, 0.6) is 0 Å². The van der Waals surface area contributed by atoms with Crippen molar-refractivity contribution < 1.29 is 15.0 Å². The first-order valence-corrected chi connectivity index (χ1v) is 5.70. The molecular weight excluding hydrogens is 232 g/mol. The Morgan fingerprint density at radius 2 is 2.06 bits per heavy atom. The number of carboxylic acid groups (broad SMARTS) is 1. The highest BCUT2D eigenvalue weighted by atomic mass is 16.4. The van der Waals surface area contributed by atoms with Crippen molar-refractivity contribution in [3.05, 3.63) is 29.6 Å². The molecule has 3 N–H and O–H groups in total. The highest BCUT2D eigenvalue weighted by Crippen LogP contribution is 2.24. The van der Waals surface area contributed by atoms with Crippen molar-refractivity contribution in [3.8, 4) is 0 Å². The molecule has 0 saturated heterocycles. The van der Waals surface area contributed by atoms with Crippen molar-refractivity contribution in [2.45, 2.75) is 32.3 Å². The number of nitrogens with zero attached hydrogens (tertiary/aromatic N) is 1. The van der Waals surface area contributed by atoms with Crippen LogP contribution >= 0.6 is 0 Å². The normalized spacial score (nSPS) is 13.8. The minimum Gasteiger partial charge on any atom is -0.479 e. The van der Waals surface area contributed by atoms with E-state index in [0.717, 1.165) is 16.9 Å². The monoisotopic (exact) mass is 248 g/mol. The Kier molecular flexibility index (Phi) is 2.86. The van der Waals surface area contributed by atoms with E-state index in [0.29, 0.717) is 5.56 Å². The predicted molar refractivity (Wildman–Crippen MR) is 67.4 cm³/mol. The maximum absolute atomic E-state index is 10.7. The highest BCUT2D eigenvalue weighted by molar-refractivity contribution is 5.80. The number of fused-ring (bicyclic) bond motifs is 1. The lowest BCUT2D eigenvalue weighted by Gasteiger charge is -2.13. The van der Waals surface area contributed by atoms with Crippen LogP contribution in [0.25, 0.3) is 11.0 Å². The van der Waals surface area contributed by atoms with Crippen molar-refractivity contribution in [3.63, 3.8) is 0 Å². The number of nitrogens with one attached hydrogen (secondary N) is 1. The van der Waals surface area contributed by atoms with Crippen molar-refractivity contribution in [2.75, 3.05) is 0 Å². The summed E-state index contributed by atoms with van der Waals surface area (Å²) in [4.78, 5) is 18.3. The molecule has 0 aliphatic heterocycles. The third-order valence-electron chi connectivity index (χ3n) is 2.77. The summed E-state index contributed by atoms with van der Waals surface area (Å²) in [6, 6.07) is 4.91. The molecular formula is C13H16N2O3. The maximum atomic E-state index is 10.7. The zero-order chi connectivity index (χ0) is 13.5. The number of benzene rings is 1. The standard InChI is InChI=1S/C13H16N2O3/c1-13(2,3)12-14-8-5-4-7(6-9(8)15-12)10(16)11(17)18/h4-6,10,16H,1-3H3,(H,14,15)(H,17,18). The molecule has 5 heteroatoms. The molecule has 1 aromatic carbocycles. The van der Waals surface area contributed by atoms with Gasteiger partial charge in [0.1, 0.15) is 5.82 Å². The van der Waals surface area contributed by atoms with Gasteiger partial charge in [0.05, 0.1) is 11.0 Å². The molecule has 0 aliphatic carbocycles. The van der Waals surface area contributed by atoms with E-state index in [2.05, 4.69) is 9.97 Å². The molecule has 2 aromatic rings. The molecule has 0 radical (unpaired) electrons. The number of H-pyrrole nitrogens is 1. The number of rotatable bonds is 2. The predicted octanol–water partition coefficient (Wildman–Crippen LogP) is 1.98. The molecule has 1 atom stereocenters. The molecule has 96 valence electrons. The van der Waals surface area contributed by atoms with E-state index in [1.165, 1.54) is 0 Å². The molecule has 0 amide bonds. The van der Waals surface area contributed by atoms with E-state index < -0.39 is 12.1 Å². The van der Waals surface area contributed by atoms with E-state index in [9.17, 15) is 9.90 Å². The average molecular weight is 248 g/mol. The summed E-state index contributed by atoms with van der Waals surface area (Å²) in [7, 11) is 0. The molecule has 0 bridgehead atoms. The quantitative estimate of drug-likeness (QED) is 0.758. The first kappa shape index (κ1) is 12.6. The van der Waals surface area contributed by atoms with E-state index in [4.69, 9.17) is 5.11 Å². The Labute approximate surface area is 104 Å². The molecule has 0 fully saturated rings. The van der Waals surface area contributed by atoms with Crippen LogP contribution in [0, 0.1) is 0 Å². The van der Waals surface area contributed by atoms with E-state index in [-0.39, 0.29) is 5.41 Å². The second-order valence-corrected chi connectivity index (χ2v) is 5.35. The van der Waals surface area contributed by atoms with Gasteiger partial charge < -0.3 is 15.2 Å². The molecule has 0 aliphatic rings. The summed E-state index contributed by atoms with van der Waals surface area (Å²) in [5, 5.41) is 18.3. The molecule has 1 unspecified atom stereocenters. The summed E-state index contributed by atoms with van der Waals surface area (Å²) >= 11 is 0. The van der Waals surface area contributed by atoms with Crippen LogP contribution in [0.4, 0.5) is 0 Å². The Bertz CT molecular complexity index is 596. The number of hydrogen-bond acceptors (Lipinski definition) is 3. The third kappa shape index (κ3) is 2.22. The van der Waals surface area contributed by atoms with E-state index >= 15 is 0 Å². The molecule has 0 spiro atoms. The van der Waals surface area contributed by atoms with Crippen LogP contribution in [0.3, 0.4) is 0 Å².